The molecule has 54 valence electrons. The van der Waals surface area contributed by atoms with Crippen LogP contribution in [0.4, 0.5) is 4.39 Å². The van der Waals surface area contributed by atoms with Crippen molar-refractivity contribution in [2.45, 2.75) is 30.0 Å². The molecule has 9 heavy (non-hydrogen) atoms. The van der Waals surface area contributed by atoms with Gasteiger partial charge < -0.3 is 5.11 Å². The van der Waals surface area contributed by atoms with Gasteiger partial charge in [-0.05, 0) is 6.92 Å². The van der Waals surface area contributed by atoms with Crippen molar-refractivity contribution in [1.29, 1.82) is 0 Å². The molecule has 0 amide bonds. The van der Waals surface area contributed by atoms with E-state index >= 15 is 0 Å². The van der Waals surface area contributed by atoms with E-state index in [9.17, 15) is 4.39 Å². The van der Waals surface area contributed by atoms with Crippen molar-refractivity contribution in [3.63, 3.8) is 0 Å². The van der Waals surface area contributed by atoms with E-state index in [-0.39, 0.29) is 17.1 Å². The van der Waals surface area contributed by atoms with Gasteiger partial charge in [0.1, 0.15) is 5.67 Å². The first-order valence-electron chi connectivity index (χ1n) is 3.04. The molecular weight excluding hydrogens is 139 g/mol. The highest BCUT2D eigenvalue weighted by Gasteiger charge is 2.50. The minimum Gasteiger partial charge on any atom is -0.395 e. The SMILES string of the molecule is CC1SC(CO)C1(C)F. The van der Waals surface area contributed by atoms with Gasteiger partial charge in [-0.3, -0.25) is 0 Å². The number of hydrogen-bond donors (Lipinski definition) is 1. The number of alkyl halides is 1. The van der Waals surface area contributed by atoms with Gasteiger partial charge in [-0.1, -0.05) is 6.92 Å². The third-order valence-electron chi connectivity index (χ3n) is 1.96. The summed E-state index contributed by atoms with van der Waals surface area (Å²) in [5.41, 5.74) is -1.14. The second kappa shape index (κ2) is 2.13. The van der Waals surface area contributed by atoms with Crippen molar-refractivity contribution < 1.29 is 9.50 Å². The molecule has 1 nitrogen and oxygen atoms in total. The molecule has 1 saturated heterocycles. The van der Waals surface area contributed by atoms with E-state index in [1.165, 1.54) is 11.8 Å². The maximum absolute atomic E-state index is 13.1. The van der Waals surface area contributed by atoms with Gasteiger partial charge in [-0.2, -0.15) is 0 Å². The Kier molecular flexibility index (Phi) is 1.74. The standard InChI is InChI=1S/C6H11FOS/c1-4-6(2,7)5(3-8)9-4/h4-5,8H,3H2,1-2H3. The Labute approximate surface area is 58.6 Å². The summed E-state index contributed by atoms with van der Waals surface area (Å²) in [7, 11) is 0. The Bertz CT molecular complexity index is 116. The third kappa shape index (κ3) is 0.964. The molecule has 0 aromatic heterocycles. The molecule has 1 heterocycles. The maximum Gasteiger partial charge on any atom is 0.133 e. The fourth-order valence-corrected chi connectivity index (χ4v) is 2.18. The lowest BCUT2D eigenvalue weighted by atomic mass is 9.99. The molecular formula is C6H11FOS. The average Bonchev–Trinajstić information content (AvgIpc) is 1.82. The van der Waals surface area contributed by atoms with E-state index in [1.807, 2.05) is 6.92 Å². The monoisotopic (exact) mass is 150 g/mol. The normalized spacial score (nSPS) is 50.7. The highest BCUT2D eigenvalue weighted by atomic mass is 32.2. The first-order chi connectivity index (χ1) is 4.09. The first kappa shape index (κ1) is 7.35. The maximum atomic E-state index is 13.1. The minimum atomic E-state index is -1.14. The Balaban J connectivity index is 2.48. The van der Waals surface area contributed by atoms with Crippen LogP contribution in [0, 0.1) is 0 Å². The summed E-state index contributed by atoms with van der Waals surface area (Å²) in [5.74, 6) is 0. The van der Waals surface area contributed by atoms with E-state index in [1.54, 1.807) is 6.92 Å². The molecule has 0 bridgehead atoms. The summed E-state index contributed by atoms with van der Waals surface area (Å²) in [6.45, 7) is 3.36. The van der Waals surface area contributed by atoms with Gasteiger partial charge in [0.15, 0.2) is 0 Å². The minimum absolute atomic E-state index is 0.0397. The fraction of sp³-hybridized carbons (Fsp3) is 1.00. The predicted octanol–water partition coefficient (Wildman–Crippen LogP) is 1.21. The van der Waals surface area contributed by atoms with E-state index in [0.29, 0.717) is 0 Å². The van der Waals surface area contributed by atoms with Crippen molar-refractivity contribution in [3.05, 3.63) is 0 Å². The highest BCUT2D eigenvalue weighted by molar-refractivity contribution is 8.02. The van der Waals surface area contributed by atoms with Gasteiger partial charge in [0.05, 0.1) is 11.9 Å². The quantitative estimate of drug-likeness (QED) is 0.606. The molecule has 3 atom stereocenters. The molecule has 3 unspecified atom stereocenters. The van der Waals surface area contributed by atoms with Crippen LogP contribution in [0.2, 0.25) is 0 Å². The first-order valence-corrected chi connectivity index (χ1v) is 3.98. The van der Waals surface area contributed by atoms with Crippen LogP contribution in [-0.4, -0.2) is 27.9 Å². The van der Waals surface area contributed by atoms with Crippen LogP contribution in [-0.2, 0) is 0 Å². The van der Waals surface area contributed by atoms with E-state index < -0.39 is 5.67 Å². The molecule has 0 spiro atoms. The third-order valence-corrected chi connectivity index (χ3v) is 3.77. The number of hydrogen-bond acceptors (Lipinski definition) is 2. The van der Waals surface area contributed by atoms with Crippen LogP contribution in [0.3, 0.4) is 0 Å². The average molecular weight is 150 g/mol. The topological polar surface area (TPSA) is 20.2 Å². The molecule has 0 saturated carbocycles. The number of aliphatic hydroxyl groups is 1. The Morgan fingerprint density at radius 1 is 1.78 bits per heavy atom. The number of rotatable bonds is 1. The van der Waals surface area contributed by atoms with Gasteiger partial charge in [0, 0.05) is 5.25 Å². The Morgan fingerprint density at radius 2 is 2.33 bits per heavy atom. The summed E-state index contributed by atoms with van der Waals surface area (Å²) in [5, 5.41) is 8.44. The van der Waals surface area contributed by atoms with Crippen molar-refractivity contribution in [1.82, 2.24) is 0 Å². The molecule has 1 rings (SSSR count). The lowest BCUT2D eigenvalue weighted by molar-refractivity contribution is 0.122. The van der Waals surface area contributed by atoms with Crippen molar-refractivity contribution >= 4 is 11.8 Å². The zero-order chi connectivity index (χ0) is 7.07. The second-order valence-corrected chi connectivity index (χ2v) is 4.15. The molecule has 3 heteroatoms. The summed E-state index contributed by atoms with van der Waals surface area (Å²) in [6, 6.07) is 0. The molecule has 1 fully saturated rings. The van der Waals surface area contributed by atoms with Crippen LogP contribution >= 0.6 is 11.8 Å². The molecule has 0 aromatic rings. The second-order valence-electron chi connectivity index (χ2n) is 2.60. The summed E-state index contributed by atoms with van der Waals surface area (Å²) in [6.07, 6.45) is 0. The predicted molar refractivity (Wildman–Crippen MR) is 37.4 cm³/mol. The fourth-order valence-electron chi connectivity index (χ4n) is 0.923. The summed E-state index contributed by atoms with van der Waals surface area (Å²) >= 11 is 1.51. The van der Waals surface area contributed by atoms with Gasteiger partial charge in [-0.25, -0.2) is 4.39 Å². The van der Waals surface area contributed by atoms with Gasteiger partial charge >= 0.3 is 0 Å². The van der Waals surface area contributed by atoms with E-state index in [2.05, 4.69) is 0 Å². The van der Waals surface area contributed by atoms with Gasteiger partial charge in [0.25, 0.3) is 0 Å². The lowest BCUT2D eigenvalue weighted by Gasteiger charge is -2.44. The van der Waals surface area contributed by atoms with Crippen molar-refractivity contribution in [2.24, 2.45) is 0 Å². The summed E-state index contributed by atoms with van der Waals surface area (Å²) in [4.78, 5) is 0. The van der Waals surface area contributed by atoms with Crippen LogP contribution in [0.5, 0.6) is 0 Å². The van der Waals surface area contributed by atoms with E-state index in [0.717, 1.165) is 0 Å². The Hall–Kier alpha value is 0.240. The smallest absolute Gasteiger partial charge is 0.133 e. The molecule has 0 radical (unpaired) electrons. The van der Waals surface area contributed by atoms with Crippen molar-refractivity contribution in [3.8, 4) is 0 Å². The number of thioether (sulfide) groups is 1. The van der Waals surface area contributed by atoms with Crippen LogP contribution < -0.4 is 0 Å². The van der Waals surface area contributed by atoms with Crippen LogP contribution in [0.15, 0.2) is 0 Å². The summed E-state index contributed by atoms with van der Waals surface area (Å²) < 4.78 is 13.1. The molecule has 1 aliphatic heterocycles. The van der Waals surface area contributed by atoms with Crippen LogP contribution in [0.1, 0.15) is 13.8 Å². The zero-order valence-electron chi connectivity index (χ0n) is 5.60. The van der Waals surface area contributed by atoms with Crippen molar-refractivity contribution in [2.75, 3.05) is 6.61 Å². The highest BCUT2D eigenvalue weighted by Crippen LogP contribution is 2.47. The zero-order valence-corrected chi connectivity index (χ0v) is 6.41. The number of halogens is 1. The number of aliphatic hydroxyl groups excluding tert-OH is 1. The molecule has 0 aromatic carbocycles. The van der Waals surface area contributed by atoms with Gasteiger partial charge in [-0.15, -0.1) is 11.8 Å². The molecule has 1 aliphatic rings. The van der Waals surface area contributed by atoms with Crippen LogP contribution in [0.25, 0.3) is 0 Å². The van der Waals surface area contributed by atoms with Gasteiger partial charge in [0.2, 0.25) is 0 Å². The lowest BCUT2D eigenvalue weighted by Crippen LogP contribution is -2.53. The van der Waals surface area contributed by atoms with E-state index in [4.69, 9.17) is 5.11 Å². The Morgan fingerprint density at radius 3 is 2.44 bits per heavy atom. The molecule has 0 aliphatic carbocycles. The largest absolute Gasteiger partial charge is 0.395 e. The molecule has 1 N–H and O–H groups in total.